The van der Waals surface area contributed by atoms with Crippen LogP contribution in [-0.2, 0) is 9.84 Å². The lowest BCUT2D eigenvalue weighted by molar-refractivity contribution is 0.398. The van der Waals surface area contributed by atoms with Crippen molar-refractivity contribution in [1.82, 2.24) is 10.2 Å². The first kappa shape index (κ1) is 18.6. The van der Waals surface area contributed by atoms with Gasteiger partial charge in [-0.2, -0.15) is 5.26 Å². The molecule has 1 rings (SSSR count). The molecule has 0 fully saturated rings. The van der Waals surface area contributed by atoms with Gasteiger partial charge < -0.3 is 10.2 Å². The summed E-state index contributed by atoms with van der Waals surface area (Å²) in [6.45, 7) is 1.51. The second-order valence-corrected chi connectivity index (χ2v) is 7.58. The zero-order valence-electron chi connectivity index (χ0n) is 13.0. The molecule has 5 nitrogen and oxygen atoms in total. The van der Waals surface area contributed by atoms with Gasteiger partial charge >= 0.3 is 0 Å². The van der Waals surface area contributed by atoms with Crippen LogP contribution in [0.1, 0.15) is 6.42 Å². The third kappa shape index (κ3) is 5.05. The number of allylic oxidation sites excluding steroid dienone is 1. The van der Waals surface area contributed by atoms with Crippen molar-refractivity contribution < 1.29 is 8.42 Å². The second-order valence-electron chi connectivity index (χ2n) is 4.87. The Morgan fingerprint density at radius 2 is 1.95 bits per heavy atom. The molecule has 120 valence electrons. The molecule has 0 saturated heterocycles. The Morgan fingerprint density at radius 1 is 1.32 bits per heavy atom. The van der Waals surface area contributed by atoms with Gasteiger partial charge in [-0.25, -0.2) is 8.42 Å². The van der Waals surface area contributed by atoms with E-state index in [1.54, 1.807) is 24.5 Å². The van der Waals surface area contributed by atoms with Crippen LogP contribution in [0.3, 0.4) is 0 Å². The van der Waals surface area contributed by atoms with E-state index in [2.05, 4.69) is 10.2 Å². The molecule has 0 spiro atoms. The number of benzene rings is 1. The molecule has 7 heteroatoms. The molecular weight excluding hydrogens is 318 g/mol. The summed E-state index contributed by atoms with van der Waals surface area (Å²) in [4.78, 5) is 1.96. The summed E-state index contributed by atoms with van der Waals surface area (Å²) in [5.41, 5.74) is 0. The second kappa shape index (κ2) is 8.83. The van der Waals surface area contributed by atoms with Gasteiger partial charge in [0.2, 0.25) is 9.84 Å². The van der Waals surface area contributed by atoms with Gasteiger partial charge in [-0.3, -0.25) is 0 Å². The van der Waals surface area contributed by atoms with Crippen LogP contribution in [0, 0.1) is 11.3 Å². The number of nitriles is 1. The van der Waals surface area contributed by atoms with Crippen molar-refractivity contribution in [1.29, 1.82) is 5.26 Å². The van der Waals surface area contributed by atoms with Gasteiger partial charge in [0.25, 0.3) is 0 Å². The van der Waals surface area contributed by atoms with E-state index in [-0.39, 0.29) is 9.80 Å². The Bertz CT molecular complexity index is 647. The molecule has 22 heavy (non-hydrogen) atoms. The molecule has 0 radical (unpaired) electrons. The summed E-state index contributed by atoms with van der Waals surface area (Å²) < 4.78 is 25.1. The quantitative estimate of drug-likeness (QED) is 0.577. The number of rotatable bonds is 8. The maximum atomic E-state index is 12.6. The maximum Gasteiger partial charge on any atom is 0.219 e. The van der Waals surface area contributed by atoms with E-state index in [0.29, 0.717) is 11.6 Å². The molecule has 0 atom stereocenters. The van der Waals surface area contributed by atoms with E-state index >= 15 is 0 Å². The average Bonchev–Trinajstić information content (AvgIpc) is 2.50. The fourth-order valence-electron chi connectivity index (χ4n) is 1.79. The number of nitrogens with one attached hydrogen (secondary N) is 1. The van der Waals surface area contributed by atoms with Crippen LogP contribution in [0.15, 0.2) is 45.2 Å². The number of nitrogens with zero attached hydrogens (tertiary/aromatic N) is 2. The van der Waals surface area contributed by atoms with Crippen LogP contribution >= 0.6 is 11.8 Å². The Balaban J connectivity index is 3.01. The zero-order valence-corrected chi connectivity index (χ0v) is 14.7. The van der Waals surface area contributed by atoms with Crippen LogP contribution < -0.4 is 5.32 Å². The minimum Gasteiger partial charge on any atom is -0.378 e. The number of hydrogen-bond acceptors (Lipinski definition) is 6. The molecule has 1 aromatic carbocycles. The van der Waals surface area contributed by atoms with Gasteiger partial charge in [0, 0.05) is 6.54 Å². The van der Waals surface area contributed by atoms with Crippen molar-refractivity contribution in [2.75, 3.05) is 33.4 Å². The first-order valence-electron chi connectivity index (χ1n) is 6.80. The molecule has 0 aliphatic carbocycles. The van der Waals surface area contributed by atoms with Gasteiger partial charge in [-0.05, 0) is 45.4 Å². The molecule has 1 N–H and O–H groups in total. The van der Waals surface area contributed by atoms with E-state index in [1.165, 1.54) is 23.9 Å². The minimum atomic E-state index is -3.79. The van der Waals surface area contributed by atoms with Crippen molar-refractivity contribution in [2.24, 2.45) is 0 Å². The fraction of sp³-hybridized carbons (Fsp3) is 0.400. The third-order valence-corrected chi connectivity index (χ3v) is 5.51. The highest BCUT2D eigenvalue weighted by Gasteiger charge is 2.24. The Hall–Kier alpha value is -1.49. The van der Waals surface area contributed by atoms with Crippen LogP contribution in [0.4, 0.5) is 0 Å². The van der Waals surface area contributed by atoms with Gasteiger partial charge in [0.05, 0.1) is 9.92 Å². The molecule has 0 unspecified atom stereocenters. The molecule has 0 saturated carbocycles. The van der Waals surface area contributed by atoms with E-state index in [0.717, 1.165) is 13.0 Å². The lowest BCUT2D eigenvalue weighted by Gasteiger charge is -2.13. The molecular formula is C15H21N3O2S2. The van der Waals surface area contributed by atoms with E-state index in [1.807, 2.05) is 20.2 Å². The number of thioether (sulfide) groups is 1. The molecule has 0 aliphatic heterocycles. The molecule has 1 aromatic rings. The van der Waals surface area contributed by atoms with Gasteiger partial charge in [0.1, 0.15) is 6.07 Å². The summed E-state index contributed by atoms with van der Waals surface area (Å²) in [6.07, 6.45) is 2.62. The summed E-state index contributed by atoms with van der Waals surface area (Å²) in [7, 11) is 0.165. The average molecular weight is 339 g/mol. The topological polar surface area (TPSA) is 73.2 Å². The van der Waals surface area contributed by atoms with Gasteiger partial charge in [0.15, 0.2) is 4.91 Å². The summed E-state index contributed by atoms with van der Waals surface area (Å²) in [6, 6.07) is 9.86. The van der Waals surface area contributed by atoms with Crippen LogP contribution in [0.2, 0.25) is 0 Å². The molecule has 0 bridgehead atoms. The van der Waals surface area contributed by atoms with Crippen molar-refractivity contribution in [3.05, 3.63) is 40.3 Å². The van der Waals surface area contributed by atoms with E-state index in [9.17, 15) is 13.7 Å². The van der Waals surface area contributed by atoms with Crippen molar-refractivity contribution in [3.63, 3.8) is 0 Å². The van der Waals surface area contributed by atoms with E-state index in [4.69, 9.17) is 0 Å². The Labute approximate surface area is 136 Å². The van der Waals surface area contributed by atoms with Crippen LogP contribution in [-0.4, -0.2) is 46.8 Å². The summed E-state index contributed by atoms with van der Waals surface area (Å²) in [5, 5.41) is 12.8. The number of hydrogen-bond donors (Lipinski definition) is 1. The van der Waals surface area contributed by atoms with Crippen molar-refractivity contribution >= 4 is 21.6 Å². The highest BCUT2D eigenvalue weighted by Crippen LogP contribution is 2.24. The lowest BCUT2D eigenvalue weighted by Crippen LogP contribution is -2.22. The lowest BCUT2D eigenvalue weighted by atomic mass is 10.4. The van der Waals surface area contributed by atoms with Crippen LogP contribution in [0.25, 0.3) is 0 Å². The first-order chi connectivity index (χ1) is 10.4. The first-order valence-corrected chi connectivity index (χ1v) is 9.51. The van der Waals surface area contributed by atoms with Crippen molar-refractivity contribution in [3.8, 4) is 6.07 Å². The highest BCUT2D eigenvalue weighted by molar-refractivity contribution is 8.04. The largest absolute Gasteiger partial charge is 0.378 e. The standard InChI is InChI=1S/C15H21N3O2S2/c1-18(2)11-7-10-17-15(21-3)14(12-16)22(19,20)13-8-5-4-6-9-13/h4-6,8-9,17H,7,10-11H2,1-3H3/b15-14+. The monoisotopic (exact) mass is 339 g/mol. The molecule has 0 amide bonds. The normalized spacial score (nSPS) is 12.7. The van der Waals surface area contributed by atoms with Gasteiger partial charge in [-0.1, -0.05) is 18.2 Å². The SMILES string of the molecule is CS/C(NCCCN(C)C)=C(\C#N)S(=O)(=O)c1ccccc1. The zero-order chi connectivity index (χ0) is 16.6. The minimum absolute atomic E-state index is 0.133. The van der Waals surface area contributed by atoms with Gasteiger partial charge in [-0.15, -0.1) is 11.8 Å². The fourth-order valence-corrected chi connectivity index (χ4v) is 4.04. The number of sulfone groups is 1. The van der Waals surface area contributed by atoms with Crippen LogP contribution in [0.5, 0.6) is 0 Å². The highest BCUT2D eigenvalue weighted by atomic mass is 32.2. The predicted octanol–water partition coefficient (Wildman–Crippen LogP) is 2.06. The molecule has 0 aromatic heterocycles. The van der Waals surface area contributed by atoms with E-state index < -0.39 is 9.84 Å². The third-order valence-electron chi connectivity index (χ3n) is 2.90. The summed E-state index contributed by atoms with van der Waals surface area (Å²) >= 11 is 1.24. The predicted molar refractivity (Wildman–Crippen MR) is 91.0 cm³/mol. The maximum absolute atomic E-state index is 12.6. The Kier molecular flexibility index (Phi) is 7.45. The van der Waals surface area contributed by atoms with Crippen molar-refractivity contribution in [2.45, 2.75) is 11.3 Å². The molecule has 0 heterocycles. The molecule has 0 aliphatic rings. The smallest absolute Gasteiger partial charge is 0.219 e. The Morgan fingerprint density at radius 3 is 2.45 bits per heavy atom. The summed E-state index contributed by atoms with van der Waals surface area (Å²) in [5.74, 6) is 0.